The lowest BCUT2D eigenvalue weighted by molar-refractivity contribution is -0.384. The minimum atomic E-state index is -0.700. The van der Waals surface area contributed by atoms with Crippen molar-refractivity contribution in [1.29, 1.82) is 0 Å². The van der Waals surface area contributed by atoms with Crippen molar-refractivity contribution in [2.75, 3.05) is 32.1 Å². The van der Waals surface area contributed by atoms with Gasteiger partial charge in [0.2, 0.25) is 0 Å². The molecule has 0 spiro atoms. The summed E-state index contributed by atoms with van der Waals surface area (Å²) in [5.41, 5.74) is 1.32. The van der Waals surface area contributed by atoms with Gasteiger partial charge in [0.25, 0.3) is 5.69 Å². The predicted molar refractivity (Wildman–Crippen MR) is 82.7 cm³/mol. The number of aliphatic hydroxyl groups is 1. The smallest absolute Gasteiger partial charge is 0.292 e. The summed E-state index contributed by atoms with van der Waals surface area (Å²) >= 11 is 0. The second-order valence-corrected chi connectivity index (χ2v) is 5.93. The Morgan fingerprint density at radius 3 is 2.81 bits per heavy atom. The molecule has 116 valence electrons. The normalized spacial score (nSPS) is 20.0. The van der Waals surface area contributed by atoms with E-state index >= 15 is 0 Å². The number of benzene rings is 1. The van der Waals surface area contributed by atoms with Gasteiger partial charge in [-0.15, -0.1) is 0 Å². The maximum absolute atomic E-state index is 11.4. The monoisotopic (exact) mass is 293 g/mol. The van der Waals surface area contributed by atoms with E-state index in [2.05, 4.69) is 9.80 Å². The highest BCUT2D eigenvalue weighted by Gasteiger charge is 2.30. The van der Waals surface area contributed by atoms with Gasteiger partial charge in [-0.1, -0.05) is 6.07 Å². The van der Waals surface area contributed by atoms with Gasteiger partial charge in [-0.25, -0.2) is 0 Å². The van der Waals surface area contributed by atoms with E-state index in [0.717, 1.165) is 25.9 Å². The molecule has 1 saturated heterocycles. The van der Waals surface area contributed by atoms with Gasteiger partial charge in [0.15, 0.2) is 0 Å². The molecule has 0 saturated carbocycles. The number of nitro benzene ring substituents is 1. The Kier molecular flexibility index (Phi) is 4.80. The Morgan fingerprint density at radius 2 is 2.24 bits per heavy atom. The lowest BCUT2D eigenvalue weighted by Crippen LogP contribution is -2.37. The molecule has 2 rings (SSSR count). The molecular formula is C15H23N3O3. The van der Waals surface area contributed by atoms with Gasteiger partial charge in [-0.05, 0) is 45.5 Å². The molecule has 2 atom stereocenters. The zero-order chi connectivity index (χ0) is 15.6. The summed E-state index contributed by atoms with van der Waals surface area (Å²) in [6.07, 6.45) is 1.40. The van der Waals surface area contributed by atoms with Crippen molar-refractivity contribution in [3.05, 3.63) is 33.9 Å². The minimum absolute atomic E-state index is 0.0825. The summed E-state index contributed by atoms with van der Waals surface area (Å²) in [5, 5.41) is 21.0. The van der Waals surface area contributed by atoms with Crippen molar-refractivity contribution in [2.24, 2.45) is 0 Å². The molecule has 2 unspecified atom stereocenters. The van der Waals surface area contributed by atoms with Crippen LogP contribution in [0.1, 0.15) is 31.4 Å². The van der Waals surface area contributed by atoms with Crippen molar-refractivity contribution in [3.8, 4) is 0 Å². The van der Waals surface area contributed by atoms with Gasteiger partial charge >= 0.3 is 0 Å². The van der Waals surface area contributed by atoms with Crippen molar-refractivity contribution < 1.29 is 10.0 Å². The van der Waals surface area contributed by atoms with Gasteiger partial charge in [-0.2, -0.15) is 0 Å². The van der Waals surface area contributed by atoms with E-state index in [-0.39, 0.29) is 10.6 Å². The van der Waals surface area contributed by atoms with E-state index in [0.29, 0.717) is 17.3 Å². The van der Waals surface area contributed by atoms with Crippen LogP contribution in [-0.2, 0) is 0 Å². The largest absolute Gasteiger partial charge is 0.389 e. The molecule has 6 heteroatoms. The highest BCUT2D eigenvalue weighted by Crippen LogP contribution is 2.35. The fourth-order valence-corrected chi connectivity index (χ4v) is 2.95. The van der Waals surface area contributed by atoms with Gasteiger partial charge in [0.1, 0.15) is 5.69 Å². The van der Waals surface area contributed by atoms with E-state index in [4.69, 9.17) is 0 Å². The second kappa shape index (κ2) is 6.41. The van der Waals surface area contributed by atoms with Crippen LogP contribution in [0.4, 0.5) is 11.4 Å². The highest BCUT2D eigenvalue weighted by molar-refractivity contribution is 5.65. The summed E-state index contributed by atoms with van der Waals surface area (Å²) in [6.45, 7) is 3.34. The van der Waals surface area contributed by atoms with Crippen LogP contribution < -0.4 is 4.90 Å². The second-order valence-electron chi connectivity index (χ2n) is 5.93. The van der Waals surface area contributed by atoms with Crippen molar-refractivity contribution in [1.82, 2.24) is 4.90 Å². The average Bonchev–Trinajstić information content (AvgIpc) is 2.84. The molecule has 0 radical (unpaired) electrons. The number of anilines is 1. The Hall–Kier alpha value is -1.66. The van der Waals surface area contributed by atoms with Crippen molar-refractivity contribution in [2.45, 2.75) is 31.9 Å². The molecule has 1 aliphatic rings. The topological polar surface area (TPSA) is 69.8 Å². The van der Waals surface area contributed by atoms with Crippen LogP contribution in [0.5, 0.6) is 0 Å². The fraction of sp³-hybridized carbons (Fsp3) is 0.600. The van der Waals surface area contributed by atoms with Crippen LogP contribution in [0.25, 0.3) is 0 Å². The zero-order valence-electron chi connectivity index (χ0n) is 12.8. The lowest BCUT2D eigenvalue weighted by atomic mass is 10.1. The molecule has 1 N–H and O–H groups in total. The van der Waals surface area contributed by atoms with Crippen LogP contribution in [0.15, 0.2) is 18.2 Å². The third-order valence-electron chi connectivity index (χ3n) is 3.94. The quantitative estimate of drug-likeness (QED) is 0.665. The maximum atomic E-state index is 11.4. The SMILES string of the molecule is CC(O)c1ccc(N2CCCC2CN(C)C)c([N+](=O)[O-])c1. The van der Waals surface area contributed by atoms with Crippen molar-refractivity contribution >= 4 is 11.4 Å². The summed E-state index contributed by atoms with van der Waals surface area (Å²) in [5.74, 6) is 0. The van der Waals surface area contributed by atoms with Crippen LogP contribution in [0.3, 0.4) is 0 Å². The van der Waals surface area contributed by atoms with E-state index < -0.39 is 6.10 Å². The standard InChI is InChI=1S/C15H23N3O3/c1-11(19)12-6-7-14(15(9-12)18(20)21)17-8-4-5-13(17)10-16(2)3/h6-7,9,11,13,19H,4-5,8,10H2,1-3H3. The van der Waals surface area contributed by atoms with Crippen LogP contribution in [0, 0.1) is 10.1 Å². The lowest BCUT2D eigenvalue weighted by Gasteiger charge is -2.29. The number of likely N-dealkylation sites (N-methyl/N-ethyl adjacent to an activating group) is 1. The first kappa shape index (κ1) is 15.7. The average molecular weight is 293 g/mol. The molecule has 21 heavy (non-hydrogen) atoms. The number of aliphatic hydroxyl groups excluding tert-OH is 1. The first-order valence-electron chi connectivity index (χ1n) is 7.28. The summed E-state index contributed by atoms with van der Waals surface area (Å²) < 4.78 is 0. The summed E-state index contributed by atoms with van der Waals surface area (Å²) in [4.78, 5) is 15.3. The van der Waals surface area contributed by atoms with Gasteiger partial charge in [-0.3, -0.25) is 10.1 Å². The van der Waals surface area contributed by atoms with Gasteiger partial charge < -0.3 is 14.9 Å². The number of hydrogen-bond donors (Lipinski definition) is 1. The third-order valence-corrected chi connectivity index (χ3v) is 3.94. The van der Waals surface area contributed by atoms with Gasteiger partial charge in [0.05, 0.1) is 11.0 Å². The highest BCUT2D eigenvalue weighted by atomic mass is 16.6. The van der Waals surface area contributed by atoms with E-state index in [9.17, 15) is 15.2 Å². The first-order valence-corrected chi connectivity index (χ1v) is 7.28. The predicted octanol–water partition coefficient (Wildman–Crippen LogP) is 2.18. The van der Waals surface area contributed by atoms with E-state index in [1.807, 2.05) is 14.1 Å². The maximum Gasteiger partial charge on any atom is 0.292 e. The molecule has 1 heterocycles. The molecule has 1 aliphatic heterocycles. The Balaban J connectivity index is 2.36. The molecule has 0 amide bonds. The molecule has 0 aromatic heterocycles. The Bertz CT molecular complexity index is 517. The first-order chi connectivity index (χ1) is 9.90. The molecule has 1 fully saturated rings. The fourth-order valence-electron chi connectivity index (χ4n) is 2.95. The van der Waals surface area contributed by atoms with Crippen LogP contribution >= 0.6 is 0 Å². The van der Waals surface area contributed by atoms with E-state index in [1.165, 1.54) is 6.07 Å². The molecule has 1 aromatic carbocycles. The minimum Gasteiger partial charge on any atom is -0.389 e. The number of hydrogen-bond acceptors (Lipinski definition) is 5. The third kappa shape index (κ3) is 3.51. The number of nitro groups is 1. The molecule has 6 nitrogen and oxygen atoms in total. The zero-order valence-corrected chi connectivity index (χ0v) is 12.8. The molecular weight excluding hydrogens is 270 g/mol. The number of nitrogens with zero attached hydrogens (tertiary/aromatic N) is 3. The molecule has 0 aliphatic carbocycles. The Morgan fingerprint density at radius 1 is 1.52 bits per heavy atom. The summed E-state index contributed by atoms with van der Waals surface area (Å²) in [6, 6.07) is 5.34. The van der Waals surface area contributed by atoms with Crippen LogP contribution in [-0.4, -0.2) is 48.2 Å². The van der Waals surface area contributed by atoms with Crippen molar-refractivity contribution in [3.63, 3.8) is 0 Å². The van der Waals surface area contributed by atoms with Gasteiger partial charge in [0, 0.05) is 25.2 Å². The Labute approximate surface area is 125 Å². The number of rotatable bonds is 5. The molecule has 1 aromatic rings. The molecule has 0 bridgehead atoms. The van der Waals surface area contributed by atoms with E-state index in [1.54, 1.807) is 19.1 Å². The van der Waals surface area contributed by atoms with Crippen LogP contribution in [0.2, 0.25) is 0 Å². The summed E-state index contributed by atoms with van der Waals surface area (Å²) in [7, 11) is 4.03.